The fraction of sp³-hybridized carbons (Fsp3) is 0.333. The summed E-state index contributed by atoms with van der Waals surface area (Å²) in [6.07, 6.45) is -4.10. The first-order valence-corrected chi connectivity index (χ1v) is 7.08. The van der Waals surface area contributed by atoms with Gasteiger partial charge in [-0.25, -0.2) is 0 Å². The smallest absolute Gasteiger partial charge is 0.171 e. The minimum Gasteiger partial charge on any atom is -0.171 e. The molecule has 112 valence electrons. The first-order chi connectivity index (χ1) is 9.88. The van der Waals surface area contributed by atoms with E-state index < -0.39 is 12.1 Å². The minimum absolute atomic E-state index is 0.0312. The molecule has 2 aromatic carbocycles. The van der Waals surface area contributed by atoms with Gasteiger partial charge in [0.15, 0.2) is 0 Å². The fourth-order valence-electron chi connectivity index (χ4n) is 2.35. The Kier molecular flexibility index (Phi) is 4.71. The first-order valence-electron chi connectivity index (χ1n) is 7.08. The van der Waals surface area contributed by atoms with Crippen LogP contribution in [0.1, 0.15) is 36.5 Å². The summed E-state index contributed by atoms with van der Waals surface area (Å²) in [6.45, 7) is 3.32. The maximum absolute atomic E-state index is 12.6. The number of hydrogen-bond acceptors (Lipinski definition) is 0. The van der Waals surface area contributed by atoms with Gasteiger partial charge in [-0.2, -0.15) is 13.2 Å². The topological polar surface area (TPSA) is 0 Å². The highest BCUT2D eigenvalue weighted by Crippen LogP contribution is 2.29. The van der Waals surface area contributed by atoms with E-state index >= 15 is 0 Å². The molecule has 0 aliphatic heterocycles. The lowest BCUT2D eigenvalue weighted by Gasteiger charge is -2.16. The SMILES string of the molecule is CC(c1ccccc1)c1ccc(CC(C)C(F)(F)F)cc1. The molecule has 0 nitrogen and oxygen atoms in total. The van der Waals surface area contributed by atoms with Crippen molar-refractivity contribution in [3.63, 3.8) is 0 Å². The maximum Gasteiger partial charge on any atom is 0.391 e. The molecule has 0 radical (unpaired) electrons. The Bertz CT molecular complexity index is 555. The van der Waals surface area contributed by atoms with Crippen LogP contribution in [0.4, 0.5) is 13.2 Å². The second-order valence-electron chi connectivity index (χ2n) is 5.52. The molecule has 2 atom stereocenters. The fourth-order valence-corrected chi connectivity index (χ4v) is 2.35. The zero-order valence-corrected chi connectivity index (χ0v) is 12.2. The number of rotatable bonds is 4. The molecule has 0 saturated heterocycles. The van der Waals surface area contributed by atoms with Gasteiger partial charge < -0.3 is 0 Å². The summed E-state index contributed by atoms with van der Waals surface area (Å²) in [5, 5.41) is 0. The van der Waals surface area contributed by atoms with E-state index in [0.717, 1.165) is 11.1 Å². The summed E-state index contributed by atoms with van der Waals surface area (Å²) >= 11 is 0. The highest BCUT2D eigenvalue weighted by atomic mass is 19.4. The van der Waals surface area contributed by atoms with Gasteiger partial charge in [0.05, 0.1) is 5.92 Å². The van der Waals surface area contributed by atoms with E-state index in [9.17, 15) is 13.2 Å². The second-order valence-corrected chi connectivity index (χ2v) is 5.52. The minimum atomic E-state index is -4.13. The Morgan fingerprint density at radius 1 is 0.810 bits per heavy atom. The van der Waals surface area contributed by atoms with E-state index in [0.29, 0.717) is 0 Å². The highest BCUT2D eigenvalue weighted by molar-refractivity contribution is 5.33. The standard InChI is InChI=1S/C18H19F3/c1-13(18(19,20)21)12-15-8-10-17(11-9-15)14(2)16-6-4-3-5-7-16/h3-11,13-14H,12H2,1-2H3. The summed E-state index contributed by atoms with van der Waals surface area (Å²) in [4.78, 5) is 0. The molecule has 2 aromatic rings. The molecule has 0 amide bonds. The number of hydrogen-bond donors (Lipinski definition) is 0. The van der Waals surface area contributed by atoms with E-state index in [-0.39, 0.29) is 12.3 Å². The van der Waals surface area contributed by atoms with Crippen molar-refractivity contribution < 1.29 is 13.2 Å². The monoisotopic (exact) mass is 292 g/mol. The Morgan fingerprint density at radius 3 is 1.86 bits per heavy atom. The largest absolute Gasteiger partial charge is 0.391 e. The van der Waals surface area contributed by atoms with Crippen molar-refractivity contribution in [2.75, 3.05) is 0 Å². The Balaban J connectivity index is 2.09. The quantitative estimate of drug-likeness (QED) is 0.690. The molecule has 0 aliphatic carbocycles. The summed E-state index contributed by atoms with van der Waals surface area (Å²) in [7, 11) is 0. The van der Waals surface area contributed by atoms with Crippen molar-refractivity contribution in [1.82, 2.24) is 0 Å². The summed E-state index contributed by atoms with van der Waals surface area (Å²) in [5.74, 6) is -1.07. The van der Waals surface area contributed by atoms with Crippen LogP contribution in [0.2, 0.25) is 0 Å². The molecule has 0 N–H and O–H groups in total. The molecule has 2 unspecified atom stereocenters. The van der Waals surface area contributed by atoms with Crippen LogP contribution >= 0.6 is 0 Å². The molecular formula is C18H19F3. The average Bonchev–Trinajstić information content (AvgIpc) is 2.47. The zero-order valence-electron chi connectivity index (χ0n) is 12.2. The molecule has 0 spiro atoms. The van der Waals surface area contributed by atoms with Crippen LogP contribution < -0.4 is 0 Å². The maximum atomic E-state index is 12.6. The van der Waals surface area contributed by atoms with Gasteiger partial charge in [0, 0.05) is 5.92 Å². The lowest BCUT2D eigenvalue weighted by molar-refractivity contribution is -0.169. The van der Waals surface area contributed by atoms with Crippen LogP contribution in [-0.2, 0) is 6.42 Å². The van der Waals surface area contributed by atoms with E-state index in [2.05, 4.69) is 19.1 Å². The van der Waals surface area contributed by atoms with E-state index in [1.54, 1.807) is 12.1 Å². The molecule has 3 heteroatoms. The highest BCUT2D eigenvalue weighted by Gasteiger charge is 2.35. The Morgan fingerprint density at radius 2 is 1.33 bits per heavy atom. The number of benzene rings is 2. The molecule has 0 aliphatic rings. The van der Waals surface area contributed by atoms with Crippen LogP contribution in [0.5, 0.6) is 0 Å². The predicted molar refractivity (Wildman–Crippen MR) is 79.3 cm³/mol. The third kappa shape index (κ3) is 4.10. The summed E-state index contributed by atoms with van der Waals surface area (Å²) in [6, 6.07) is 17.5. The lowest BCUT2D eigenvalue weighted by Crippen LogP contribution is -2.21. The number of halogens is 3. The van der Waals surface area contributed by atoms with Crippen LogP contribution in [-0.4, -0.2) is 6.18 Å². The van der Waals surface area contributed by atoms with Crippen molar-refractivity contribution in [3.8, 4) is 0 Å². The van der Waals surface area contributed by atoms with Gasteiger partial charge in [0.2, 0.25) is 0 Å². The Labute approximate surface area is 123 Å². The molecule has 0 aromatic heterocycles. The van der Waals surface area contributed by atoms with Gasteiger partial charge in [0.1, 0.15) is 0 Å². The van der Waals surface area contributed by atoms with Crippen LogP contribution in [0, 0.1) is 5.92 Å². The van der Waals surface area contributed by atoms with Crippen molar-refractivity contribution >= 4 is 0 Å². The van der Waals surface area contributed by atoms with Gasteiger partial charge >= 0.3 is 6.18 Å². The Hall–Kier alpha value is -1.77. The molecule has 2 rings (SSSR count). The normalized spacial score (nSPS) is 14.7. The van der Waals surface area contributed by atoms with Crippen molar-refractivity contribution in [2.24, 2.45) is 5.92 Å². The van der Waals surface area contributed by atoms with Crippen molar-refractivity contribution in [1.29, 1.82) is 0 Å². The molecule has 0 heterocycles. The molecular weight excluding hydrogens is 273 g/mol. The number of alkyl halides is 3. The lowest BCUT2D eigenvalue weighted by atomic mass is 9.91. The van der Waals surface area contributed by atoms with E-state index in [1.165, 1.54) is 12.5 Å². The summed E-state index contributed by atoms with van der Waals surface area (Å²) in [5.41, 5.74) is 3.04. The van der Waals surface area contributed by atoms with Gasteiger partial charge in [-0.05, 0) is 23.1 Å². The molecule has 0 fully saturated rings. The van der Waals surface area contributed by atoms with Crippen molar-refractivity contribution in [2.45, 2.75) is 32.4 Å². The third-order valence-electron chi connectivity index (χ3n) is 3.88. The van der Waals surface area contributed by atoms with Crippen molar-refractivity contribution in [3.05, 3.63) is 71.3 Å². The van der Waals surface area contributed by atoms with Gasteiger partial charge in [-0.3, -0.25) is 0 Å². The van der Waals surface area contributed by atoms with Gasteiger partial charge in [-0.15, -0.1) is 0 Å². The molecule has 21 heavy (non-hydrogen) atoms. The molecule has 0 saturated carbocycles. The van der Waals surface area contributed by atoms with E-state index in [4.69, 9.17) is 0 Å². The summed E-state index contributed by atoms with van der Waals surface area (Å²) < 4.78 is 37.7. The molecule has 0 bridgehead atoms. The van der Waals surface area contributed by atoms with Crippen LogP contribution in [0.15, 0.2) is 54.6 Å². The van der Waals surface area contributed by atoms with Crippen LogP contribution in [0.3, 0.4) is 0 Å². The van der Waals surface area contributed by atoms with Gasteiger partial charge in [-0.1, -0.05) is 68.4 Å². The first kappa shape index (κ1) is 15.6. The third-order valence-corrected chi connectivity index (χ3v) is 3.88. The zero-order chi connectivity index (χ0) is 15.5. The second kappa shape index (κ2) is 6.33. The average molecular weight is 292 g/mol. The predicted octanol–water partition coefficient (Wildman–Crippen LogP) is 5.58. The van der Waals surface area contributed by atoms with Gasteiger partial charge in [0.25, 0.3) is 0 Å². The van der Waals surface area contributed by atoms with E-state index in [1.807, 2.05) is 30.3 Å². The van der Waals surface area contributed by atoms with Crippen LogP contribution in [0.25, 0.3) is 0 Å².